The van der Waals surface area contributed by atoms with Crippen LogP contribution < -0.4 is 0 Å². The maximum atomic E-state index is 3.54. The third-order valence-electron chi connectivity index (χ3n) is 11.3. The summed E-state index contributed by atoms with van der Waals surface area (Å²) >= 11 is 1.30. The molecule has 0 nitrogen and oxygen atoms in total. The van der Waals surface area contributed by atoms with E-state index in [9.17, 15) is 0 Å². The van der Waals surface area contributed by atoms with E-state index in [1.165, 1.54) is 100.0 Å². The zero-order valence-corrected chi connectivity index (χ0v) is 31.0. The summed E-state index contributed by atoms with van der Waals surface area (Å²) in [4.78, 5) is 0. The Balaban J connectivity index is 0.000000156. The van der Waals surface area contributed by atoms with Crippen molar-refractivity contribution in [3.8, 4) is 11.1 Å². The molecule has 0 heterocycles. The van der Waals surface area contributed by atoms with E-state index >= 15 is 0 Å². The first-order valence-electron chi connectivity index (χ1n) is 16.3. The third kappa shape index (κ3) is 6.99. The van der Waals surface area contributed by atoms with Crippen molar-refractivity contribution in [3.63, 3.8) is 0 Å². The molecule has 0 saturated heterocycles. The Hall–Kier alpha value is -2.11. The van der Waals surface area contributed by atoms with E-state index in [2.05, 4.69) is 101 Å². The van der Waals surface area contributed by atoms with Gasteiger partial charge in [0.05, 0.1) is 0 Å². The van der Waals surface area contributed by atoms with Gasteiger partial charge in [-0.25, -0.2) is 6.08 Å². The van der Waals surface area contributed by atoms with Gasteiger partial charge in [0, 0.05) is 0 Å². The third-order valence-corrected chi connectivity index (χ3v) is 11.3. The molecule has 6 aliphatic rings. The topological polar surface area (TPSA) is 0 Å². The summed E-state index contributed by atoms with van der Waals surface area (Å²) in [5.74, 6) is 4.68. The molecule has 3 aromatic carbocycles. The van der Waals surface area contributed by atoms with Gasteiger partial charge < -0.3 is 7.43 Å². The van der Waals surface area contributed by atoms with Gasteiger partial charge in [-0.1, -0.05) is 63.6 Å². The predicted octanol–water partition coefficient (Wildman–Crippen LogP) is 10.9. The van der Waals surface area contributed by atoms with Crippen LogP contribution in [0.2, 0.25) is 0 Å². The molecule has 0 aliphatic heterocycles. The summed E-state index contributed by atoms with van der Waals surface area (Å²) in [6.07, 6.45) is 17.0. The summed E-state index contributed by atoms with van der Waals surface area (Å²) in [5, 5.41) is 0. The number of benzene rings is 3. The second kappa shape index (κ2) is 14.5. The summed E-state index contributed by atoms with van der Waals surface area (Å²) in [6, 6.07) is 21.3. The summed E-state index contributed by atoms with van der Waals surface area (Å²) < 4.78 is 3.34. The molecule has 1 atom stereocenters. The molecule has 3 aromatic rings. The van der Waals surface area contributed by atoms with Gasteiger partial charge in [0.1, 0.15) is 0 Å². The molecule has 9 rings (SSSR count). The molecule has 0 spiro atoms. The molecule has 0 amide bonds. The molecule has 0 aromatic heterocycles. The number of hydrogen-bond acceptors (Lipinski definition) is 0. The summed E-state index contributed by atoms with van der Waals surface area (Å²) in [6.45, 7) is 15.6. The van der Waals surface area contributed by atoms with Crippen LogP contribution in [0.4, 0.5) is 0 Å². The number of fused-ring (bicyclic) bond motifs is 3. The zero-order chi connectivity index (χ0) is 30.9. The minimum absolute atomic E-state index is 0. The maximum Gasteiger partial charge on any atom is -0.358 e. The molecule has 0 N–H and O–H groups in total. The zero-order valence-electron chi connectivity index (χ0n) is 28.5. The largest absolute Gasteiger partial charge is 0.358 e. The standard InChI is InChI=1S/C17H23.C17H17.C7H7.CH3.CH2.Zr/c1-11-3-4-14(5-11)17(2)15-7-12-6-13(9-15)10-16(17)8-12;1-10-5-14-9-15-6-11(2)13(4)8-17(15)16(14)7-12(10)3;1-7-5-3-2-4-6-7;;;/h4-5,11-13,15-16H,6-10H2,1-2H3;5,7-8H,9H2,1-4H3;3-6H,1H3;1H3;1H2;/q4*-1;;. The van der Waals surface area contributed by atoms with Crippen molar-refractivity contribution in [1.82, 2.24) is 0 Å². The van der Waals surface area contributed by atoms with E-state index in [1.54, 1.807) is 12.0 Å². The van der Waals surface area contributed by atoms with Gasteiger partial charge in [-0.05, 0) is 92.7 Å². The minimum atomic E-state index is 0. The van der Waals surface area contributed by atoms with Gasteiger partial charge in [-0.3, -0.25) is 6.08 Å². The van der Waals surface area contributed by atoms with Crippen molar-refractivity contribution in [2.75, 3.05) is 0 Å². The Bertz CT molecular complexity index is 1420. The van der Waals surface area contributed by atoms with Crippen LogP contribution in [0.1, 0.15) is 84.9 Å². The molecule has 1 heteroatoms. The molecule has 1 unspecified atom stereocenters. The van der Waals surface area contributed by atoms with Crippen molar-refractivity contribution < 1.29 is 24.2 Å². The van der Waals surface area contributed by atoms with Gasteiger partial charge in [0.15, 0.2) is 0 Å². The quantitative estimate of drug-likeness (QED) is 0.178. The molecule has 4 saturated carbocycles. The fourth-order valence-corrected chi connectivity index (χ4v) is 8.67. The molecule has 4 bridgehead atoms. The molecule has 4 fully saturated rings. The van der Waals surface area contributed by atoms with Crippen LogP contribution in [0.25, 0.3) is 11.1 Å². The number of hydrogen-bond donors (Lipinski definition) is 0. The van der Waals surface area contributed by atoms with Crippen molar-refractivity contribution in [2.45, 2.75) is 87.0 Å². The van der Waals surface area contributed by atoms with Crippen LogP contribution >= 0.6 is 0 Å². The molecule has 44 heavy (non-hydrogen) atoms. The Kier molecular flexibility index (Phi) is 11.5. The Morgan fingerprint density at radius 3 is 1.89 bits per heavy atom. The molecule has 232 valence electrons. The van der Waals surface area contributed by atoms with Crippen LogP contribution in [-0.2, 0) is 30.7 Å². The Morgan fingerprint density at radius 2 is 1.36 bits per heavy atom. The van der Waals surface area contributed by atoms with Gasteiger partial charge in [0.2, 0.25) is 0 Å². The second-order valence-electron chi connectivity index (χ2n) is 14.1. The summed E-state index contributed by atoms with van der Waals surface area (Å²) in [7, 11) is 0. The van der Waals surface area contributed by atoms with Gasteiger partial charge >= 0.3 is 28.4 Å². The van der Waals surface area contributed by atoms with Gasteiger partial charge in [0.25, 0.3) is 0 Å². The van der Waals surface area contributed by atoms with Gasteiger partial charge in [-0.2, -0.15) is 70.8 Å². The van der Waals surface area contributed by atoms with Crippen molar-refractivity contribution in [2.24, 2.45) is 35.0 Å². The van der Waals surface area contributed by atoms with E-state index in [4.69, 9.17) is 0 Å². The molecule has 6 aliphatic carbocycles. The van der Waals surface area contributed by atoms with Crippen LogP contribution in [0.5, 0.6) is 0 Å². The number of rotatable bonds is 1. The van der Waals surface area contributed by atoms with Crippen LogP contribution in [-0.4, -0.2) is 4.21 Å². The summed E-state index contributed by atoms with van der Waals surface area (Å²) in [5.41, 5.74) is 14.5. The first-order chi connectivity index (χ1) is 20.6. The van der Waals surface area contributed by atoms with Gasteiger partial charge in [-0.15, -0.1) is 11.1 Å². The van der Waals surface area contributed by atoms with E-state index in [-0.39, 0.29) is 7.43 Å². The number of allylic oxidation sites excluding steroid dienone is 4. The Morgan fingerprint density at radius 1 is 0.795 bits per heavy atom. The monoisotopic (exact) mass is 658 g/mol. The van der Waals surface area contributed by atoms with Crippen molar-refractivity contribution in [1.29, 1.82) is 0 Å². The fraction of sp³-hybridized carbons (Fsp3) is 0.442. The smallest absolute Gasteiger partial charge is 0.358 e. The Labute approximate surface area is 284 Å². The van der Waals surface area contributed by atoms with E-state index in [0.29, 0.717) is 11.3 Å². The molecular formula is C43H52Zr-4. The predicted molar refractivity (Wildman–Crippen MR) is 186 cm³/mol. The molecular weight excluding hydrogens is 608 g/mol. The van der Waals surface area contributed by atoms with Crippen molar-refractivity contribution >= 4 is 4.21 Å². The second-order valence-corrected chi connectivity index (χ2v) is 14.1. The first kappa shape index (κ1) is 34.8. The van der Waals surface area contributed by atoms with E-state index in [0.717, 1.165) is 30.1 Å². The van der Waals surface area contributed by atoms with E-state index in [1.807, 2.05) is 24.3 Å². The van der Waals surface area contributed by atoms with Crippen LogP contribution in [0, 0.1) is 95.3 Å². The minimum Gasteiger partial charge on any atom is -0.358 e. The average Bonchev–Trinajstić information content (AvgIpc) is 3.57. The normalized spacial score (nSPS) is 27.7. The molecule has 0 radical (unpaired) electrons. The van der Waals surface area contributed by atoms with Crippen LogP contribution in [0.3, 0.4) is 0 Å². The first-order valence-corrected chi connectivity index (χ1v) is 18.1. The van der Waals surface area contributed by atoms with Crippen LogP contribution in [0.15, 0.2) is 60.2 Å². The van der Waals surface area contributed by atoms with E-state index < -0.39 is 0 Å². The maximum absolute atomic E-state index is 3.54. The fourth-order valence-electron chi connectivity index (χ4n) is 8.67. The SMILES string of the molecule is CC1[C-]=CC(C2(C)C3CC4CC(C3)CC2C4)=C1.Cc1[c-]c2c(cc1C)-c1cc(C)c(C)cc1C2.Cc1cc[c-]cc1.[CH2]=[Zr].[CH3-]. The number of aryl methyl sites for hydroxylation is 5. The average molecular weight is 660 g/mol. The van der Waals surface area contributed by atoms with Crippen molar-refractivity contribution in [3.05, 3.63) is 125 Å².